The molecule has 0 bridgehead atoms. The van der Waals surface area contributed by atoms with Crippen molar-refractivity contribution in [2.24, 2.45) is 0 Å². The summed E-state index contributed by atoms with van der Waals surface area (Å²) in [5.74, 6) is 0. The molecule has 1 aliphatic carbocycles. The van der Waals surface area contributed by atoms with Crippen molar-refractivity contribution in [1.82, 2.24) is 0 Å². The van der Waals surface area contributed by atoms with Crippen molar-refractivity contribution in [2.75, 3.05) is 9.80 Å². The Morgan fingerprint density at radius 3 is 1.38 bits per heavy atom. The number of para-hydroxylation sites is 6. The van der Waals surface area contributed by atoms with Gasteiger partial charge in [-0.25, -0.2) is 0 Å². The second-order valence-corrected chi connectivity index (χ2v) is 19.7. The number of hydrogen-bond acceptors (Lipinski definition) is 4. The van der Waals surface area contributed by atoms with Crippen LogP contribution in [0.25, 0.3) is 87.3 Å². The van der Waals surface area contributed by atoms with E-state index >= 15 is 0 Å². The lowest BCUT2D eigenvalue weighted by Crippen LogP contribution is -2.17. The molecule has 13 aromatic rings. The first-order chi connectivity index (χ1) is 34.9. The van der Waals surface area contributed by atoms with Crippen molar-refractivity contribution in [2.45, 2.75) is 46.0 Å². The summed E-state index contributed by atoms with van der Waals surface area (Å²) in [6.07, 6.45) is 1.80. The minimum absolute atomic E-state index is 0.382. The van der Waals surface area contributed by atoms with Crippen molar-refractivity contribution in [3.63, 3.8) is 0 Å². The van der Waals surface area contributed by atoms with Gasteiger partial charge in [0.15, 0.2) is 11.2 Å². The zero-order valence-electron chi connectivity index (χ0n) is 40.3. The molecule has 0 saturated carbocycles. The fourth-order valence-corrected chi connectivity index (χ4v) is 12.3. The number of rotatable bonds is 8. The number of furan rings is 2. The standard InChI is InChI=1S/C67H50N2O2/c1-5-41-21-17-31-51-53-33-19-35-57(65(53)70-63(41)51)68(43-23-9-7-10-24-43)45-37-38-50-55(39-45)46-27-13-15-29-48(46)61-60-49-30-16-14-28-47(49)59(40-56(60)67(3,4)62(50)61)69(44-25-11-8-12-26-44)58-36-20-34-54-52-32-18-22-42(6-2)64(52)71-66(54)58/h7-40H,5-6H2,1-4H3. The van der Waals surface area contributed by atoms with E-state index in [0.717, 1.165) is 90.8 Å². The van der Waals surface area contributed by atoms with Crippen LogP contribution in [-0.2, 0) is 18.3 Å². The number of hydrogen-bond donors (Lipinski definition) is 0. The molecular formula is C67H50N2O2. The van der Waals surface area contributed by atoms with E-state index in [0.29, 0.717) is 0 Å². The van der Waals surface area contributed by atoms with Crippen LogP contribution in [0.3, 0.4) is 0 Å². The van der Waals surface area contributed by atoms with E-state index in [2.05, 4.69) is 244 Å². The molecule has 0 saturated heterocycles. The Hall–Kier alpha value is -8.60. The largest absolute Gasteiger partial charge is 0.454 e. The van der Waals surface area contributed by atoms with Gasteiger partial charge in [-0.3, -0.25) is 0 Å². The third-order valence-electron chi connectivity index (χ3n) is 15.5. The Bertz CT molecular complexity index is 4290. The lowest BCUT2D eigenvalue weighted by Gasteiger charge is -2.30. The van der Waals surface area contributed by atoms with Gasteiger partial charge in [0.2, 0.25) is 0 Å². The number of anilines is 6. The summed E-state index contributed by atoms with van der Waals surface area (Å²) in [6.45, 7) is 9.26. The predicted molar refractivity (Wildman–Crippen MR) is 299 cm³/mol. The smallest absolute Gasteiger partial charge is 0.159 e. The van der Waals surface area contributed by atoms with Gasteiger partial charge in [-0.1, -0.05) is 179 Å². The lowest BCUT2D eigenvalue weighted by atomic mass is 9.79. The Morgan fingerprint density at radius 2 is 0.803 bits per heavy atom. The molecule has 4 heteroatoms. The molecule has 0 spiro atoms. The van der Waals surface area contributed by atoms with Crippen LogP contribution in [0.15, 0.2) is 215 Å². The summed E-state index contributed by atoms with van der Waals surface area (Å²) in [5.41, 5.74) is 17.4. The highest BCUT2D eigenvalue weighted by atomic mass is 16.3. The van der Waals surface area contributed by atoms with Crippen LogP contribution in [0.4, 0.5) is 34.1 Å². The number of benzene rings is 11. The molecule has 4 nitrogen and oxygen atoms in total. The molecule has 1 aliphatic rings. The highest BCUT2D eigenvalue weighted by Crippen LogP contribution is 2.59. The van der Waals surface area contributed by atoms with E-state index in [9.17, 15) is 0 Å². The van der Waals surface area contributed by atoms with Crippen LogP contribution in [0.5, 0.6) is 0 Å². The molecule has 0 radical (unpaired) electrons. The fraction of sp³-hybridized carbons (Fsp3) is 0.104. The average molecular weight is 915 g/mol. The molecule has 340 valence electrons. The van der Waals surface area contributed by atoms with Gasteiger partial charge in [0.05, 0.1) is 17.1 Å². The monoisotopic (exact) mass is 914 g/mol. The van der Waals surface area contributed by atoms with Crippen molar-refractivity contribution < 1.29 is 8.83 Å². The van der Waals surface area contributed by atoms with Gasteiger partial charge in [0.25, 0.3) is 0 Å². The molecule has 14 rings (SSSR count). The number of fused-ring (bicyclic) bond motifs is 16. The quantitative estimate of drug-likeness (QED) is 0.142. The van der Waals surface area contributed by atoms with Gasteiger partial charge in [-0.2, -0.15) is 0 Å². The topological polar surface area (TPSA) is 32.8 Å². The van der Waals surface area contributed by atoms with E-state index in [1.54, 1.807) is 0 Å². The van der Waals surface area contributed by atoms with Crippen LogP contribution >= 0.6 is 0 Å². The van der Waals surface area contributed by atoms with Crippen molar-refractivity contribution in [3.05, 3.63) is 229 Å². The van der Waals surface area contributed by atoms with Crippen LogP contribution < -0.4 is 9.80 Å². The first-order valence-electron chi connectivity index (χ1n) is 25.0. The highest BCUT2D eigenvalue weighted by molar-refractivity contribution is 6.24. The average Bonchev–Trinajstić information content (AvgIpc) is 4.08. The van der Waals surface area contributed by atoms with E-state index in [4.69, 9.17) is 8.83 Å². The molecule has 2 aromatic heterocycles. The summed E-state index contributed by atoms with van der Waals surface area (Å²) in [5, 5.41) is 11.9. The molecule has 0 unspecified atom stereocenters. The Balaban J connectivity index is 1.01. The maximum Gasteiger partial charge on any atom is 0.159 e. The Morgan fingerprint density at radius 1 is 0.338 bits per heavy atom. The molecule has 71 heavy (non-hydrogen) atoms. The molecule has 2 heterocycles. The minimum Gasteiger partial charge on any atom is -0.454 e. The maximum absolute atomic E-state index is 7.00. The van der Waals surface area contributed by atoms with Gasteiger partial charge in [-0.05, 0) is 128 Å². The molecular weight excluding hydrogens is 865 g/mol. The summed E-state index contributed by atoms with van der Waals surface area (Å²) < 4.78 is 13.9. The summed E-state index contributed by atoms with van der Waals surface area (Å²) in [6, 6.07) is 75.5. The zero-order chi connectivity index (χ0) is 47.5. The van der Waals surface area contributed by atoms with E-state index in [-0.39, 0.29) is 5.41 Å². The van der Waals surface area contributed by atoms with Crippen LogP contribution in [0.2, 0.25) is 0 Å². The van der Waals surface area contributed by atoms with Gasteiger partial charge in [-0.15, -0.1) is 0 Å². The van der Waals surface area contributed by atoms with Gasteiger partial charge in [0, 0.05) is 49.4 Å². The third kappa shape index (κ3) is 5.98. The SMILES string of the molecule is CCc1cccc2c1oc1c(N(c3ccccc3)c3ccc4c5c(c6ccccc6c4c3)-c3c(cc(N(c4ccccc4)c4cccc6c4oc4c(CC)cccc46)c4ccccc34)C5(C)C)cccc12. The number of aryl methyl sites for hydroxylation is 2. The Labute approximate surface area is 412 Å². The van der Waals surface area contributed by atoms with Crippen molar-refractivity contribution in [3.8, 4) is 11.1 Å². The lowest BCUT2D eigenvalue weighted by molar-refractivity contribution is 0.663. The van der Waals surface area contributed by atoms with Crippen molar-refractivity contribution in [1.29, 1.82) is 0 Å². The molecule has 11 aromatic carbocycles. The first kappa shape index (κ1) is 41.4. The van der Waals surface area contributed by atoms with Gasteiger partial charge >= 0.3 is 0 Å². The molecule has 0 aliphatic heterocycles. The third-order valence-corrected chi connectivity index (χ3v) is 15.5. The summed E-state index contributed by atoms with van der Waals surface area (Å²) >= 11 is 0. The fourth-order valence-electron chi connectivity index (χ4n) is 12.3. The Kier molecular flexibility index (Phi) is 9.16. The normalized spacial score (nSPS) is 13.0. The zero-order valence-corrected chi connectivity index (χ0v) is 40.3. The molecule has 0 amide bonds. The van der Waals surface area contributed by atoms with Crippen LogP contribution in [0.1, 0.15) is 49.9 Å². The molecule has 0 N–H and O–H groups in total. The maximum atomic E-state index is 7.00. The van der Waals surface area contributed by atoms with Crippen LogP contribution in [-0.4, -0.2) is 0 Å². The predicted octanol–water partition coefficient (Wildman–Crippen LogP) is 19.3. The van der Waals surface area contributed by atoms with Gasteiger partial charge < -0.3 is 18.6 Å². The minimum atomic E-state index is -0.382. The van der Waals surface area contributed by atoms with E-state index in [1.165, 1.54) is 65.7 Å². The van der Waals surface area contributed by atoms with Gasteiger partial charge in [0.1, 0.15) is 11.2 Å². The molecule has 0 fully saturated rings. The number of nitrogens with zero attached hydrogens (tertiary/aromatic N) is 2. The second-order valence-electron chi connectivity index (χ2n) is 19.7. The van der Waals surface area contributed by atoms with E-state index in [1.807, 2.05) is 0 Å². The second kappa shape index (κ2) is 15.7. The van der Waals surface area contributed by atoms with E-state index < -0.39 is 0 Å². The molecule has 0 atom stereocenters. The summed E-state index contributed by atoms with van der Waals surface area (Å²) in [4.78, 5) is 4.81. The van der Waals surface area contributed by atoms with Crippen LogP contribution in [0, 0.1) is 0 Å². The summed E-state index contributed by atoms with van der Waals surface area (Å²) in [7, 11) is 0. The van der Waals surface area contributed by atoms with Crippen molar-refractivity contribution >= 4 is 110 Å². The first-order valence-corrected chi connectivity index (χ1v) is 25.0. The highest BCUT2D eigenvalue weighted by Gasteiger charge is 2.41.